The standard InChI is InChI=1S/C27H25NO5/c29-25-12-13-26(30)28(25)17-20-3-1-5-22(15-20)23-6-2-4-21(16-23)18-33-24-10-7-19(8-11-24)9-14-27(31)32/h1-8,10-13,15-16,29-30H,9,14,17-18H2,(H,31,32). The third-order valence-electron chi connectivity index (χ3n) is 5.42. The zero-order valence-corrected chi connectivity index (χ0v) is 18.0. The predicted molar refractivity (Wildman–Crippen MR) is 125 cm³/mol. The molecule has 0 bridgehead atoms. The fourth-order valence-corrected chi connectivity index (χ4v) is 3.65. The van der Waals surface area contributed by atoms with E-state index in [1.807, 2.05) is 66.7 Å². The van der Waals surface area contributed by atoms with Crippen LogP contribution in [0.25, 0.3) is 11.1 Å². The zero-order chi connectivity index (χ0) is 23.2. The van der Waals surface area contributed by atoms with Crippen molar-refractivity contribution >= 4 is 5.97 Å². The minimum absolute atomic E-state index is 0.0203. The summed E-state index contributed by atoms with van der Waals surface area (Å²) in [5.41, 5.74) is 5.02. The summed E-state index contributed by atoms with van der Waals surface area (Å²) in [4.78, 5) is 10.7. The van der Waals surface area contributed by atoms with Crippen LogP contribution in [0.3, 0.4) is 0 Å². The van der Waals surface area contributed by atoms with Crippen LogP contribution in [0.2, 0.25) is 0 Å². The van der Waals surface area contributed by atoms with Crippen LogP contribution in [-0.2, 0) is 24.4 Å². The first-order chi connectivity index (χ1) is 16.0. The number of nitrogens with zero attached hydrogens (tertiary/aromatic N) is 1. The van der Waals surface area contributed by atoms with Crippen LogP contribution < -0.4 is 4.74 Å². The first-order valence-electron chi connectivity index (χ1n) is 10.7. The molecule has 0 amide bonds. The Morgan fingerprint density at radius 2 is 1.36 bits per heavy atom. The van der Waals surface area contributed by atoms with Crippen molar-refractivity contribution in [3.63, 3.8) is 0 Å². The summed E-state index contributed by atoms with van der Waals surface area (Å²) in [5.74, 6) is -0.0338. The van der Waals surface area contributed by atoms with Crippen molar-refractivity contribution in [3.05, 3.63) is 102 Å². The van der Waals surface area contributed by atoms with Crippen molar-refractivity contribution < 1.29 is 24.9 Å². The highest BCUT2D eigenvalue weighted by molar-refractivity contribution is 5.67. The van der Waals surface area contributed by atoms with Crippen molar-refractivity contribution in [2.24, 2.45) is 0 Å². The van der Waals surface area contributed by atoms with Gasteiger partial charge < -0.3 is 20.1 Å². The summed E-state index contributed by atoms with van der Waals surface area (Å²) in [5, 5.41) is 28.6. The first-order valence-corrected chi connectivity index (χ1v) is 10.7. The molecule has 6 heteroatoms. The molecule has 0 unspecified atom stereocenters. The molecule has 0 saturated heterocycles. The Hall–Kier alpha value is -4.19. The number of carbonyl (C=O) groups is 1. The summed E-state index contributed by atoms with van der Waals surface area (Å²) in [7, 11) is 0. The topological polar surface area (TPSA) is 91.9 Å². The number of hydrogen-bond donors (Lipinski definition) is 3. The van der Waals surface area contributed by atoms with E-state index >= 15 is 0 Å². The van der Waals surface area contributed by atoms with Crippen LogP contribution >= 0.6 is 0 Å². The largest absolute Gasteiger partial charge is 0.494 e. The van der Waals surface area contributed by atoms with Crippen LogP contribution in [0.4, 0.5) is 0 Å². The minimum Gasteiger partial charge on any atom is -0.494 e. The van der Waals surface area contributed by atoms with Gasteiger partial charge in [0.05, 0.1) is 6.54 Å². The van der Waals surface area contributed by atoms with Gasteiger partial charge in [-0.2, -0.15) is 0 Å². The molecule has 3 N–H and O–H groups in total. The number of aromatic hydroxyl groups is 2. The molecule has 6 nitrogen and oxygen atoms in total. The Labute approximate surface area is 192 Å². The number of ether oxygens (including phenoxy) is 1. The highest BCUT2D eigenvalue weighted by Crippen LogP contribution is 2.26. The lowest BCUT2D eigenvalue weighted by molar-refractivity contribution is -0.136. The number of aliphatic carboxylic acids is 1. The molecule has 3 aromatic carbocycles. The van der Waals surface area contributed by atoms with Crippen molar-refractivity contribution in [2.45, 2.75) is 26.0 Å². The van der Waals surface area contributed by atoms with Gasteiger partial charge in [-0.05, 0) is 58.5 Å². The van der Waals surface area contributed by atoms with Gasteiger partial charge >= 0.3 is 5.97 Å². The van der Waals surface area contributed by atoms with Gasteiger partial charge in [0, 0.05) is 18.6 Å². The summed E-state index contributed by atoms with van der Waals surface area (Å²) in [6.45, 7) is 0.775. The van der Waals surface area contributed by atoms with Gasteiger partial charge in [-0.1, -0.05) is 48.5 Å². The lowest BCUT2D eigenvalue weighted by atomic mass is 10.0. The molecular weight excluding hydrogens is 418 g/mol. The van der Waals surface area contributed by atoms with Crippen molar-refractivity contribution in [1.29, 1.82) is 0 Å². The molecule has 0 aliphatic carbocycles. The van der Waals surface area contributed by atoms with Crippen molar-refractivity contribution in [3.8, 4) is 28.6 Å². The van der Waals surface area contributed by atoms with E-state index in [4.69, 9.17) is 9.84 Å². The maximum absolute atomic E-state index is 10.7. The average Bonchev–Trinajstić information content (AvgIpc) is 3.14. The minimum atomic E-state index is -0.804. The Balaban J connectivity index is 1.42. The van der Waals surface area contributed by atoms with Gasteiger partial charge in [0.25, 0.3) is 0 Å². The van der Waals surface area contributed by atoms with Crippen molar-refractivity contribution in [1.82, 2.24) is 4.57 Å². The summed E-state index contributed by atoms with van der Waals surface area (Å²) in [6.07, 6.45) is 0.613. The molecule has 0 spiro atoms. The monoisotopic (exact) mass is 443 g/mol. The highest BCUT2D eigenvalue weighted by atomic mass is 16.5. The van der Waals surface area contributed by atoms with E-state index in [1.165, 1.54) is 16.7 Å². The summed E-state index contributed by atoms with van der Waals surface area (Å²) in [6, 6.07) is 26.5. The molecule has 168 valence electrons. The molecular formula is C27H25NO5. The molecule has 1 aromatic heterocycles. The van der Waals surface area contributed by atoms with E-state index in [9.17, 15) is 15.0 Å². The predicted octanol–water partition coefficient (Wildman–Crippen LogP) is 5.21. The molecule has 0 atom stereocenters. The van der Waals surface area contributed by atoms with Gasteiger partial charge in [-0.3, -0.25) is 9.36 Å². The lowest BCUT2D eigenvalue weighted by Crippen LogP contribution is -1.99. The number of hydrogen-bond acceptors (Lipinski definition) is 4. The molecule has 0 saturated carbocycles. The van der Waals surface area contributed by atoms with E-state index in [0.29, 0.717) is 19.6 Å². The molecule has 0 aliphatic heterocycles. The molecule has 4 rings (SSSR count). The summed E-state index contributed by atoms with van der Waals surface area (Å²) < 4.78 is 7.35. The van der Waals surface area contributed by atoms with E-state index in [0.717, 1.165) is 33.6 Å². The maximum atomic E-state index is 10.7. The number of carboxylic acids is 1. The smallest absolute Gasteiger partial charge is 0.303 e. The van der Waals surface area contributed by atoms with Crippen LogP contribution in [0.15, 0.2) is 84.9 Å². The first kappa shape index (κ1) is 22.0. The van der Waals surface area contributed by atoms with Crippen LogP contribution in [0, 0.1) is 0 Å². The number of rotatable bonds is 9. The maximum Gasteiger partial charge on any atom is 0.303 e. The molecule has 33 heavy (non-hydrogen) atoms. The summed E-state index contributed by atoms with van der Waals surface area (Å²) >= 11 is 0. The Morgan fingerprint density at radius 3 is 2.00 bits per heavy atom. The third kappa shape index (κ3) is 5.74. The lowest BCUT2D eigenvalue weighted by Gasteiger charge is -2.11. The number of benzene rings is 3. The van der Waals surface area contributed by atoms with Gasteiger partial charge in [-0.15, -0.1) is 0 Å². The molecule has 0 radical (unpaired) electrons. The fraction of sp³-hybridized carbons (Fsp3) is 0.148. The number of aromatic nitrogens is 1. The zero-order valence-electron chi connectivity index (χ0n) is 18.0. The molecule has 0 fully saturated rings. The highest BCUT2D eigenvalue weighted by Gasteiger charge is 2.08. The second kappa shape index (κ2) is 9.96. The normalized spacial score (nSPS) is 10.8. The van der Waals surface area contributed by atoms with Gasteiger partial charge in [0.1, 0.15) is 12.4 Å². The Bertz CT molecular complexity index is 1220. The van der Waals surface area contributed by atoms with Crippen LogP contribution in [0.5, 0.6) is 17.5 Å². The van der Waals surface area contributed by atoms with Crippen LogP contribution in [0.1, 0.15) is 23.1 Å². The Kier molecular flexibility index (Phi) is 6.64. The van der Waals surface area contributed by atoms with E-state index in [2.05, 4.69) is 6.07 Å². The van der Waals surface area contributed by atoms with Crippen molar-refractivity contribution in [2.75, 3.05) is 0 Å². The van der Waals surface area contributed by atoms with Gasteiger partial charge in [0.15, 0.2) is 11.8 Å². The molecule has 0 aliphatic rings. The quantitative estimate of drug-likeness (QED) is 0.330. The Morgan fingerprint density at radius 1 is 0.758 bits per heavy atom. The van der Waals surface area contributed by atoms with Gasteiger partial charge in [0.2, 0.25) is 0 Å². The SMILES string of the molecule is O=C(O)CCc1ccc(OCc2cccc(-c3cccc(Cn4c(O)ccc4O)c3)c2)cc1. The number of aryl methyl sites for hydroxylation is 1. The van der Waals surface area contributed by atoms with E-state index in [-0.39, 0.29) is 18.2 Å². The van der Waals surface area contributed by atoms with Gasteiger partial charge in [-0.25, -0.2) is 0 Å². The second-order valence-corrected chi connectivity index (χ2v) is 7.86. The molecule has 4 aromatic rings. The fourth-order valence-electron chi connectivity index (χ4n) is 3.65. The van der Waals surface area contributed by atoms with E-state index < -0.39 is 5.97 Å². The number of carboxylic acid groups (broad SMARTS) is 1. The average molecular weight is 443 g/mol. The van der Waals surface area contributed by atoms with Crippen LogP contribution in [-0.4, -0.2) is 25.9 Å². The molecule has 1 heterocycles. The third-order valence-corrected chi connectivity index (χ3v) is 5.42. The second-order valence-electron chi connectivity index (χ2n) is 7.86. The van der Waals surface area contributed by atoms with E-state index in [1.54, 1.807) is 0 Å².